The van der Waals surface area contributed by atoms with Gasteiger partial charge in [-0.05, 0) is 24.3 Å². The molecule has 0 saturated carbocycles. The number of aryl methyl sites for hydroxylation is 1. The molecule has 0 aliphatic carbocycles. The normalized spacial score (nSPS) is 10.7. The number of carbonyl (C=O) groups is 2. The summed E-state index contributed by atoms with van der Waals surface area (Å²) in [6.45, 7) is -0.163. The van der Waals surface area contributed by atoms with Gasteiger partial charge in [0.15, 0.2) is 0 Å². The van der Waals surface area contributed by atoms with E-state index in [9.17, 15) is 9.59 Å². The number of hydrogen-bond donors (Lipinski definition) is 2. The molecule has 4 rings (SSSR count). The van der Waals surface area contributed by atoms with Crippen molar-refractivity contribution in [3.8, 4) is 16.3 Å². The van der Waals surface area contributed by atoms with E-state index in [-0.39, 0.29) is 18.1 Å². The molecule has 11 heteroatoms. The molecule has 2 amide bonds. The van der Waals surface area contributed by atoms with Gasteiger partial charge in [-0.25, -0.2) is 14.6 Å². The van der Waals surface area contributed by atoms with Gasteiger partial charge in [0.1, 0.15) is 23.4 Å². The lowest BCUT2D eigenvalue weighted by Gasteiger charge is -2.07. The van der Waals surface area contributed by atoms with Crippen molar-refractivity contribution in [1.29, 1.82) is 0 Å². The van der Waals surface area contributed by atoms with Crippen LogP contribution in [0.3, 0.4) is 0 Å². The van der Waals surface area contributed by atoms with Crippen LogP contribution in [0.4, 0.5) is 5.69 Å². The average Bonchev–Trinajstić information content (AvgIpc) is 3.48. The Morgan fingerprint density at radius 1 is 1.17 bits per heavy atom. The first kappa shape index (κ1) is 18.5. The second-order valence-electron chi connectivity index (χ2n) is 6.06. The highest BCUT2D eigenvalue weighted by Gasteiger charge is 2.14. The van der Waals surface area contributed by atoms with Gasteiger partial charge in [0.25, 0.3) is 5.91 Å². The number of thiazole rings is 1. The molecule has 0 spiro atoms. The molecule has 0 bridgehead atoms. The maximum Gasteiger partial charge on any atom is 0.271 e. The van der Waals surface area contributed by atoms with Crippen molar-refractivity contribution < 1.29 is 9.59 Å². The molecule has 29 heavy (non-hydrogen) atoms. The third-order valence-corrected chi connectivity index (χ3v) is 4.82. The summed E-state index contributed by atoms with van der Waals surface area (Å²) in [6.07, 6.45) is 6.53. The van der Waals surface area contributed by atoms with Crippen LogP contribution in [0, 0.1) is 0 Å². The molecule has 146 valence electrons. The second kappa shape index (κ2) is 8.02. The maximum atomic E-state index is 12.2. The zero-order valence-electron chi connectivity index (χ0n) is 15.3. The number of amides is 2. The molecular weight excluding hydrogens is 392 g/mol. The van der Waals surface area contributed by atoms with Crippen molar-refractivity contribution in [3.63, 3.8) is 0 Å². The fraction of sp³-hybridized carbons (Fsp3) is 0.111. The molecule has 1 aromatic carbocycles. The van der Waals surface area contributed by atoms with E-state index in [4.69, 9.17) is 0 Å². The molecule has 0 radical (unpaired) electrons. The van der Waals surface area contributed by atoms with Crippen LogP contribution in [0.25, 0.3) is 16.3 Å². The number of nitrogens with one attached hydrogen (secondary N) is 2. The highest BCUT2D eigenvalue weighted by molar-refractivity contribution is 7.13. The van der Waals surface area contributed by atoms with Crippen molar-refractivity contribution in [2.45, 2.75) is 0 Å². The van der Waals surface area contributed by atoms with E-state index in [0.717, 1.165) is 11.3 Å². The van der Waals surface area contributed by atoms with E-state index >= 15 is 0 Å². The number of nitrogens with zero attached hydrogens (tertiary/aromatic N) is 6. The minimum Gasteiger partial charge on any atom is -0.342 e. The van der Waals surface area contributed by atoms with E-state index in [2.05, 4.69) is 30.8 Å². The summed E-state index contributed by atoms with van der Waals surface area (Å²) in [4.78, 5) is 32.5. The molecule has 3 aromatic heterocycles. The van der Waals surface area contributed by atoms with Crippen LogP contribution in [0.5, 0.6) is 0 Å². The van der Waals surface area contributed by atoms with Crippen LogP contribution in [0.2, 0.25) is 0 Å². The quantitative estimate of drug-likeness (QED) is 0.499. The second-order valence-corrected chi connectivity index (χ2v) is 6.92. The number of benzene rings is 1. The molecular formula is C18H16N8O2S. The minimum absolute atomic E-state index is 0.163. The Bertz CT molecular complexity index is 1130. The Balaban J connectivity index is 1.30. The smallest absolute Gasteiger partial charge is 0.271 e. The highest BCUT2D eigenvalue weighted by Crippen LogP contribution is 2.22. The fourth-order valence-corrected chi connectivity index (χ4v) is 3.31. The lowest BCUT2D eigenvalue weighted by Crippen LogP contribution is -2.33. The number of carbonyl (C=O) groups excluding carboxylic acids is 2. The lowest BCUT2D eigenvalue weighted by molar-refractivity contribution is -0.115. The van der Waals surface area contributed by atoms with Gasteiger partial charge in [0.2, 0.25) is 5.91 Å². The molecule has 0 atom stereocenters. The monoisotopic (exact) mass is 408 g/mol. The van der Waals surface area contributed by atoms with Crippen LogP contribution in [-0.4, -0.2) is 47.9 Å². The highest BCUT2D eigenvalue weighted by atomic mass is 32.1. The van der Waals surface area contributed by atoms with Crippen molar-refractivity contribution in [2.24, 2.45) is 7.05 Å². The first-order chi connectivity index (χ1) is 14.1. The molecule has 0 unspecified atom stereocenters. The van der Waals surface area contributed by atoms with E-state index < -0.39 is 5.91 Å². The Morgan fingerprint density at radius 3 is 2.69 bits per heavy atom. The van der Waals surface area contributed by atoms with Gasteiger partial charge < -0.3 is 10.6 Å². The third kappa shape index (κ3) is 4.35. The Morgan fingerprint density at radius 2 is 2.00 bits per heavy atom. The number of aromatic nitrogens is 6. The van der Waals surface area contributed by atoms with E-state index in [1.165, 1.54) is 17.7 Å². The third-order valence-electron chi connectivity index (χ3n) is 3.93. The summed E-state index contributed by atoms with van der Waals surface area (Å²) >= 11 is 1.34. The largest absolute Gasteiger partial charge is 0.342 e. The Labute approximate surface area is 169 Å². The van der Waals surface area contributed by atoms with Crippen LogP contribution in [0.15, 0.2) is 54.7 Å². The first-order valence-corrected chi connectivity index (χ1v) is 9.44. The Kier molecular flexibility index (Phi) is 5.12. The van der Waals surface area contributed by atoms with Crippen molar-refractivity contribution >= 4 is 28.8 Å². The van der Waals surface area contributed by atoms with E-state index in [0.29, 0.717) is 10.7 Å². The summed E-state index contributed by atoms with van der Waals surface area (Å²) in [5, 5.41) is 15.8. The molecule has 4 aromatic rings. The van der Waals surface area contributed by atoms with Crippen LogP contribution in [-0.2, 0) is 11.8 Å². The average molecular weight is 408 g/mol. The van der Waals surface area contributed by atoms with Crippen LogP contribution in [0.1, 0.15) is 10.5 Å². The van der Waals surface area contributed by atoms with Crippen LogP contribution < -0.4 is 10.6 Å². The number of hydrogen-bond acceptors (Lipinski definition) is 7. The van der Waals surface area contributed by atoms with Gasteiger partial charge in [0.05, 0.1) is 18.4 Å². The zero-order chi connectivity index (χ0) is 20.2. The topological polar surface area (TPSA) is 120 Å². The van der Waals surface area contributed by atoms with E-state index in [1.807, 2.05) is 13.2 Å². The maximum absolute atomic E-state index is 12.2. The standard InChI is InChI=1S/C18H16N8O2S/c1-25-8-12(6-21-25)18-24-15(9-29-18)17(28)20-7-16(27)23-13-2-4-14(5-3-13)26-11-19-10-22-26/h2-6,8-11H,7H2,1H3,(H,20,28)(H,23,27). The fourth-order valence-electron chi connectivity index (χ4n) is 2.54. The predicted octanol–water partition coefficient (Wildman–Crippen LogP) is 1.49. The predicted molar refractivity (Wildman–Crippen MR) is 107 cm³/mol. The van der Waals surface area contributed by atoms with Gasteiger partial charge in [0, 0.05) is 29.9 Å². The summed E-state index contributed by atoms with van der Waals surface area (Å²) in [5.74, 6) is -0.748. The van der Waals surface area contributed by atoms with Gasteiger partial charge in [-0.1, -0.05) is 0 Å². The minimum atomic E-state index is -0.409. The number of anilines is 1. The Hall–Kier alpha value is -3.86. The van der Waals surface area contributed by atoms with Gasteiger partial charge in [-0.2, -0.15) is 10.2 Å². The summed E-state index contributed by atoms with van der Waals surface area (Å²) < 4.78 is 3.28. The SMILES string of the molecule is Cn1cc(-c2nc(C(=O)NCC(=O)Nc3ccc(-n4cncn4)cc3)cs2)cn1. The molecule has 3 heterocycles. The number of rotatable bonds is 6. The van der Waals surface area contributed by atoms with Crippen LogP contribution >= 0.6 is 11.3 Å². The van der Waals surface area contributed by atoms with Crippen molar-refractivity contribution in [2.75, 3.05) is 11.9 Å². The molecule has 2 N–H and O–H groups in total. The summed E-state index contributed by atoms with van der Waals surface area (Å²) in [6, 6.07) is 7.10. The summed E-state index contributed by atoms with van der Waals surface area (Å²) in [7, 11) is 1.81. The zero-order valence-corrected chi connectivity index (χ0v) is 16.1. The molecule has 0 fully saturated rings. The molecule has 0 saturated heterocycles. The van der Waals surface area contributed by atoms with Gasteiger partial charge >= 0.3 is 0 Å². The van der Waals surface area contributed by atoms with E-state index in [1.54, 1.807) is 51.5 Å². The van der Waals surface area contributed by atoms with Crippen molar-refractivity contribution in [1.82, 2.24) is 34.8 Å². The molecule has 10 nitrogen and oxygen atoms in total. The van der Waals surface area contributed by atoms with Crippen molar-refractivity contribution in [3.05, 3.63) is 60.4 Å². The molecule has 0 aliphatic heterocycles. The lowest BCUT2D eigenvalue weighted by atomic mass is 10.3. The summed E-state index contributed by atoms with van der Waals surface area (Å²) in [5.41, 5.74) is 2.53. The first-order valence-electron chi connectivity index (χ1n) is 8.56. The van der Waals surface area contributed by atoms with Gasteiger partial charge in [-0.15, -0.1) is 11.3 Å². The molecule has 0 aliphatic rings. The van der Waals surface area contributed by atoms with Gasteiger partial charge in [-0.3, -0.25) is 14.3 Å².